The van der Waals surface area contributed by atoms with Gasteiger partial charge in [-0.3, -0.25) is 4.79 Å². The largest absolute Gasteiger partial charge is 0.363 e. The zero-order valence-corrected chi connectivity index (χ0v) is 13.1. The van der Waals surface area contributed by atoms with E-state index in [1.54, 1.807) is 5.38 Å². The van der Waals surface area contributed by atoms with Crippen LogP contribution in [0.5, 0.6) is 0 Å². The lowest BCUT2D eigenvalue weighted by atomic mass is 10.2. The van der Waals surface area contributed by atoms with E-state index < -0.39 is 10.0 Å². The summed E-state index contributed by atoms with van der Waals surface area (Å²) >= 11 is 1.20. The molecule has 0 radical (unpaired) electrons. The summed E-state index contributed by atoms with van der Waals surface area (Å²) in [6, 6.07) is 5.79. The molecule has 1 aromatic carbocycles. The molecule has 0 atom stereocenters. The Balaban J connectivity index is 2.41. The van der Waals surface area contributed by atoms with Crippen molar-refractivity contribution in [1.82, 2.24) is 4.98 Å². The number of aromatic nitrogens is 1. The van der Waals surface area contributed by atoms with E-state index in [1.807, 2.05) is 0 Å². The van der Waals surface area contributed by atoms with Gasteiger partial charge in [0, 0.05) is 24.3 Å². The molecule has 6 nitrogen and oxygen atoms in total. The van der Waals surface area contributed by atoms with E-state index in [1.165, 1.54) is 55.8 Å². The summed E-state index contributed by atoms with van der Waals surface area (Å²) in [6.45, 7) is 1.29. The number of anilines is 1. The normalized spacial score (nSPS) is 11.3. The first-order valence-corrected chi connectivity index (χ1v) is 8.31. The van der Waals surface area contributed by atoms with E-state index in [-0.39, 0.29) is 17.4 Å². The highest BCUT2D eigenvalue weighted by Crippen LogP contribution is 2.25. The van der Waals surface area contributed by atoms with E-state index in [4.69, 9.17) is 4.74 Å². The summed E-state index contributed by atoms with van der Waals surface area (Å²) in [7, 11) is -2.37. The fourth-order valence-electron chi connectivity index (χ4n) is 1.67. The van der Waals surface area contributed by atoms with Crippen molar-refractivity contribution < 1.29 is 17.9 Å². The number of ether oxygens (including phenoxy) is 1. The van der Waals surface area contributed by atoms with Gasteiger partial charge in [-0.05, 0) is 19.1 Å². The highest BCUT2D eigenvalue weighted by Gasteiger charge is 2.26. The second-order valence-electron chi connectivity index (χ2n) is 4.17. The lowest BCUT2D eigenvalue weighted by Crippen LogP contribution is -2.32. The smallest absolute Gasteiger partial charge is 0.268 e. The summed E-state index contributed by atoms with van der Waals surface area (Å²) < 4.78 is 31.3. The zero-order chi connectivity index (χ0) is 15.5. The molecule has 0 unspecified atom stereocenters. The monoisotopic (exact) mass is 326 g/mol. The van der Waals surface area contributed by atoms with E-state index >= 15 is 0 Å². The molecule has 0 aliphatic carbocycles. The Bertz CT molecular complexity index is 709. The van der Waals surface area contributed by atoms with Crippen LogP contribution in [0.3, 0.4) is 0 Å². The quantitative estimate of drug-likeness (QED) is 0.600. The third kappa shape index (κ3) is 3.29. The Morgan fingerprint density at radius 3 is 2.48 bits per heavy atom. The van der Waals surface area contributed by atoms with Crippen molar-refractivity contribution in [3.05, 3.63) is 41.4 Å². The van der Waals surface area contributed by atoms with Crippen LogP contribution in [0.1, 0.15) is 17.3 Å². The number of rotatable bonds is 6. The molecular formula is C13H14N2O4S2. The van der Waals surface area contributed by atoms with Crippen molar-refractivity contribution in [2.24, 2.45) is 0 Å². The van der Waals surface area contributed by atoms with Crippen LogP contribution in [0.25, 0.3) is 0 Å². The lowest BCUT2D eigenvalue weighted by molar-refractivity contribution is 0.101. The van der Waals surface area contributed by atoms with Crippen LogP contribution in [0.4, 0.5) is 5.13 Å². The minimum absolute atomic E-state index is 0.0831. The average molecular weight is 326 g/mol. The van der Waals surface area contributed by atoms with Crippen molar-refractivity contribution in [2.75, 3.05) is 18.1 Å². The van der Waals surface area contributed by atoms with Crippen molar-refractivity contribution in [3.8, 4) is 0 Å². The maximum atomic E-state index is 12.6. The highest BCUT2D eigenvalue weighted by molar-refractivity contribution is 7.93. The van der Waals surface area contributed by atoms with E-state index in [0.29, 0.717) is 10.7 Å². The predicted octanol–water partition coefficient (Wildman–Crippen LogP) is 2.14. The van der Waals surface area contributed by atoms with Crippen LogP contribution in [0.2, 0.25) is 0 Å². The van der Waals surface area contributed by atoms with Crippen molar-refractivity contribution >= 4 is 32.3 Å². The predicted molar refractivity (Wildman–Crippen MR) is 80.1 cm³/mol. The molecule has 0 aliphatic rings. The molecule has 0 amide bonds. The maximum Gasteiger partial charge on any atom is 0.268 e. The molecular weight excluding hydrogens is 312 g/mol. The molecule has 2 rings (SSSR count). The summed E-state index contributed by atoms with van der Waals surface area (Å²) in [5.41, 5.74) is 0.460. The van der Waals surface area contributed by atoms with Crippen LogP contribution in [0.15, 0.2) is 40.7 Å². The van der Waals surface area contributed by atoms with Gasteiger partial charge in [-0.1, -0.05) is 12.1 Å². The summed E-state index contributed by atoms with van der Waals surface area (Å²) in [5.74, 6) is -0.118. The summed E-state index contributed by atoms with van der Waals surface area (Å²) in [5, 5.41) is 2.01. The molecule has 0 bridgehead atoms. The maximum absolute atomic E-state index is 12.6. The van der Waals surface area contributed by atoms with Gasteiger partial charge in [-0.2, -0.15) is 0 Å². The van der Waals surface area contributed by atoms with Crippen molar-refractivity contribution in [3.63, 3.8) is 0 Å². The van der Waals surface area contributed by atoms with E-state index in [0.717, 1.165) is 4.31 Å². The Morgan fingerprint density at radius 1 is 1.33 bits per heavy atom. The van der Waals surface area contributed by atoms with Gasteiger partial charge >= 0.3 is 0 Å². The van der Waals surface area contributed by atoms with Gasteiger partial charge in [0.1, 0.15) is 6.73 Å². The van der Waals surface area contributed by atoms with E-state index in [2.05, 4.69) is 4.98 Å². The topological polar surface area (TPSA) is 76.6 Å². The zero-order valence-electron chi connectivity index (χ0n) is 11.5. The molecule has 112 valence electrons. The van der Waals surface area contributed by atoms with Crippen LogP contribution >= 0.6 is 11.3 Å². The summed E-state index contributed by atoms with van der Waals surface area (Å²) in [4.78, 5) is 15.3. The Labute approximate surface area is 127 Å². The number of carbonyl (C=O) groups is 1. The number of benzene rings is 1. The second-order valence-corrected chi connectivity index (χ2v) is 6.90. The Kier molecular flexibility index (Phi) is 4.71. The average Bonchev–Trinajstić information content (AvgIpc) is 2.98. The van der Waals surface area contributed by atoms with Gasteiger partial charge in [-0.15, -0.1) is 11.3 Å². The van der Waals surface area contributed by atoms with Gasteiger partial charge in [0.05, 0.1) is 4.90 Å². The minimum Gasteiger partial charge on any atom is -0.363 e. The molecule has 1 heterocycles. The first-order chi connectivity index (χ1) is 9.96. The number of Topliss-reactive ketones (excluding diaryl/α,β-unsaturated/α-hetero) is 1. The molecule has 0 aliphatic heterocycles. The number of nitrogens with zero attached hydrogens (tertiary/aromatic N) is 2. The molecule has 1 aromatic heterocycles. The third-order valence-corrected chi connectivity index (χ3v) is 5.36. The van der Waals surface area contributed by atoms with Crippen LogP contribution in [-0.2, 0) is 14.8 Å². The molecule has 0 N–H and O–H groups in total. The van der Waals surface area contributed by atoms with Crippen molar-refractivity contribution in [1.29, 1.82) is 0 Å². The van der Waals surface area contributed by atoms with Gasteiger partial charge in [-0.25, -0.2) is 17.7 Å². The molecule has 0 spiro atoms. The first-order valence-electron chi connectivity index (χ1n) is 5.99. The van der Waals surface area contributed by atoms with Gasteiger partial charge in [0.2, 0.25) is 5.13 Å². The second kappa shape index (κ2) is 6.33. The Hall–Kier alpha value is -1.77. The molecule has 0 fully saturated rings. The van der Waals surface area contributed by atoms with E-state index in [9.17, 15) is 13.2 Å². The van der Waals surface area contributed by atoms with Gasteiger partial charge in [0.15, 0.2) is 5.78 Å². The molecule has 8 heteroatoms. The number of ketones is 1. The van der Waals surface area contributed by atoms with Crippen molar-refractivity contribution in [2.45, 2.75) is 11.8 Å². The molecule has 21 heavy (non-hydrogen) atoms. The lowest BCUT2D eigenvalue weighted by Gasteiger charge is -2.20. The Morgan fingerprint density at radius 2 is 2.00 bits per heavy atom. The molecule has 0 saturated carbocycles. The molecule has 2 aromatic rings. The highest BCUT2D eigenvalue weighted by atomic mass is 32.2. The number of thiazole rings is 1. The number of methoxy groups -OCH3 is 1. The van der Waals surface area contributed by atoms with Gasteiger partial charge < -0.3 is 4.74 Å². The number of hydrogen-bond donors (Lipinski definition) is 0. The number of hydrogen-bond acceptors (Lipinski definition) is 6. The fourth-order valence-corrected chi connectivity index (χ4v) is 3.86. The summed E-state index contributed by atoms with van der Waals surface area (Å²) in [6.07, 6.45) is 1.52. The minimum atomic E-state index is -3.78. The SMILES string of the molecule is COCN(c1nccs1)S(=O)(=O)c1ccc(C(C)=O)cc1. The number of carbonyl (C=O) groups excluding carboxylic acids is 1. The van der Waals surface area contributed by atoms with Crippen LogP contribution < -0.4 is 4.31 Å². The van der Waals surface area contributed by atoms with Crippen LogP contribution in [0, 0.1) is 0 Å². The standard InChI is InChI=1S/C13H14N2O4S2/c1-10(16)11-3-5-12(6-4-11)21(17,18)15(9-19-2)13-14-7-8-20-13/h3-8H,9H2,1-2H3. The van der Waals surface area contributed by atoms with Gasteiger partial charge in [0.25, 0.3) is 10.0 Å². The third-order valence-electron chi connectivity index (χ3n) is 2.73. The van der Waals surface area contributed by atoms with Crippen LogP contribution in [-0.4, -0.2) is 33.0 Å². The molecule has 0 saturated heterocycles. The first kappa shape index (κ1) is 15.6. The fraction of sp³-hybridized carbons (Fsp3) is 0.231. The number of sulfonamides is 1.